The zero-order chi connectivity index (χ0) is 15.5. The lowest BCUT2D eigenvalue weighted by molar-refractivity contribution is -0.0553. The minimum Gasteiger partial charge on any atom is -0.375 e. The molecule has 1 aliphatic heterocycles. The van der Waals surface area contributed by atoms with Crippen molar-refractivity contribution in [3.05, 3.63) is 16.1 Å². The molecule has 2 rings (SSSR count). The number of rotatable bonds is 5. The molecule has 1 unspecified atom stereocenters. The maximum absolute atomic E-state index is 6.26. The highest BCUT2D eigenvalue weighted by molar-refractivity contribution is 6.37. The fraction of sp³-hybridized carbons (Fsp3) is 0.667. The van der Waals surface area contributed by atoms with Crippen LogP contribution in [0.15, 0.2) is 6.07 Å². The van der Waals surface area contributed by atoms with Crippen molar-refractivity contribution in [2.24, 2.45) is 0 Å². The summed E-state index contributed by atoms with van der Waals surface area (Å²) in [5, 5.41) is 7.74. The van der Waals surface area contributed by atoms with Crippen LogP contribution in [0.5, 0.6) is 0 Å². The van der Waals surface area contributed by atoms with Crippen molar-refractivity contribution in [3.63, 3.8) is 0 Å². The van der Waals surface area contributed by atoms with E-state index in [4.69, 9.17) is 27.9 Å². The van der Waals surface area contributed by atoms with E-state index in [1.165, 1.54) is 0 Å². The second-order valence-corrected chi connectivity index (χ2v) is 6.83. The highest BCUT2D eigenvalue weighted by Gasteiger charge is 2.29. The Morgan fingerprint density at radius 3 is 2.71 bits per heavy atom. The van der Waals surface area contributed by atoms with Gasteiger partial charge in [-0.05, 0) is 39.2 Å². The summed E-state index contributed by atoms with van der Waals surface area (Å²) in [5.74, 6) is 1.36. The Morgan fingerprint density at radius 2 is 2.05 bits per heavy atom. The lowest BCUT2D eigenvalue weighted by Gasteiger charge is -2.36. The summed E-state index contributed by atoms with van der Waals surface area (Å²) in [4.78, 5) is 4.52. The summed E-state index contributed by atoms with van der Waals surface area (Å²) < 4.78 is 5.73. The summed E-state index contributed by atoms with van der Waals surface area (Å²) in [6, 6.07) is 2.04. The van der Waals surface area contributed by atoms with Crippen LogP contribution in [-0.2, 0) is 4.74 Å². The first-order chi connectivity index (χ1) is 9.91. The molecule has 1 aromatic rings. The maximum atomic E-state index is 6.26. The lowest BCUT2D eigenvalue weighted by atomic mass is 9.94. The van der Waals surface area contributed by atoms with Crippen molar-refractivity contribution in [1.29, 1.82) is 0 Å². The van der Waals surface area contributed by atoms with Crippen molar-refractivity contribution in [1.82, 2.24) is 4.98 Å². The van der Waals surface area contributed by atoms with Crippen LogP contribution in [0.1, 0.15) is 40.0 Å². The van der Waals surface area contributed by atoms with E-state index in [2.05, 4.69) is 36.4 Å². The molecular formula is C15H23Cl2N3O. The quantitative estimate of drug-likeness (QED) is 0.828. The maximum Gasteiger partial charge on any atom is 0.147 e. The number of halogens is 2. The zero-order valence-electron chi connectivity index (χ0n) is 12.8. The number of aromatic nitrogens is 1. The number of anilines is 2. The van der Waals surface area contributed by atoms with E-state index >= 15 is 0 Å². The largest absolute Gasteiger partial charge is 0.375 e. The van der Waals surface area contributed by atoms with Crippen LogP contribution in [0, 0.1) is 0 Å². The van der Waals surface area contributed by atoms with Gasteiger partial charge in [0.25, 0.3) is 0 Å². The molecule has 2 N–H and O–H groups in total. The van der Waals surface area contributed by atoms with Gasteiger partial charge in [0.1, 0.15) is 11.6 Å². The molecule has 0 aliphatic carbocycles. The molecule has 0 amide bonds. The molecule has 118 valence electrons. The van der Waals surface area contributed by atoms with E-state index in [1.54, 1.807) is 6.07 Å². The molecule has 2 heterocycles. The monoisotopic (exact) mass is 331 g/mol. The predicted octanol–water partition coefficient (Wildman–Crippen LogP) is 4.58. The Hall–Kier alpha value is -0.710. The van der Waals surface area contributed by atoms with Crippen molar-refractivity contribution in [3.8, 4) is 0 Å². The van der Waals surface area contributed by atoms with E-state index in [0.717, 1.165) is 32.4 Å². The standard InChI is InChI=1S/C15H23Cl2N3O/c1-4-6-18-13-11(16)8-12(17)14(20-13)19-10-5-7-21-15(2,3)9-10/h8,10H,4-7,9H2,1-3H3,(H2,18,19,20). The van der Waals surface area contributed by atoms with Gasteiger partial charge in [0.2, 0.25) is 0 Å². The highest BCUT2D eigenvalue weighted by Crippen LogP contribution is 2.32. The third kappa shape index (κ3) is 4.63. The smallest absolute Gasteiger partial charge is 0.147 e. The van der Waals surface area contributed by atoms with Crippen molar-refractivity contribution < 1.29 is 4.74 Å². The Kier molecular flexibility index (Phi) is 5.58. The van der Waals surface area contributed by atoms with E-state index < -0.39 is 0 Å². The fourth-order valence-electron chi connectivity index (χ4n) is 2.48. The number of nitrogens with one attached hydrogen (secondary N) is 2. The molecule has 21 heavy (non-hydrogen) atoms. The first-order valence-electron chi connectivity index (χ1n) is 7.41. The van der Waals surface area contributed by atoms with Crippen molar-refractivity contribution >= 4 is 34.8 Å². The Bertz CT molecular complexity index is 494. The molecule has 0 aromatic carbocycles. The molecule has 0 bridgehead atoms. The third-order valence-corrected chi connectivity index (χ3v) is 4.09. The molecular weight excluding hydrogens is 309 g/mol. The third-order valence-electron chi connectivity index (χ3n) is 3.51. The second kappa shape index (κ2) is 7.03. The number of hydrogen-bond donors (Lipinski definition) is 2. The summed E-state index contributed by atoms with van der Waals surface area (Å²) in [7, 11) is 0. The van der Waals surface area contributed by atoms with Crippen LogP contribution in [-0.4, -0.2) is 29.8 Å². The van der Waals surface area contributed by atoms with Crippen LogP contribution in [0.4, 0.5) is 11.6 Å². The molecule has 1 saturated heterocycles. The van der Waals surface area contributed by atoms with Gasteiger partial charge in [-0.15, -0.1) is 0 Å². The molecule has 4 nitrogen and oxygen atoms in total. The molecule has 0 radical (unpaired) electrons. The summed E-state index contributed by atoms with van der Waals surface area (Å²) >= 11 is 12.4. The van der Waals surface area contributed by atoms with Gasteiger partial charge in [-0.1, -0.05) is 30.1 Å². The van der Waals surface area contributed by atoms with Gasteiger partial charge >= 0.3 is 0 Å². The topological polar surface area (TPSA) is 46.2 Å². The van der Waals surface area contributed by atoms with Crippen LogP contribution in [0.3, 0.4) is 0 Å². The average Bonchev–Trinajstić information content (AvgIpc) is 2.39. The normalized spacial score (nSPS) is 21.1. The predicted molar refractivity (Wildman–Crippen MR) is 89.7 cm³/mol. The minimum absolute atomic E-state index is 0.113. The van der Waals surface area contributed by atoms with Gasteiger partial charge in [-0.3, -0.25) is 0 Å². The first kappa shape index (κ1) is 16.7. The Labute approximate surface area is 136 Å². The number of ether oxygens (including phenoxy) is 1. The van der Waals surface area contributed by atoms with Gasteiger partial charge < -0.3 is 15.4 Å². The number of hydrogen-bond acceptors (Lipinski definition) is 4. The fourth-order valence-corrected chi connectivity index (χ4v) is 2.96. The van der Waals surface area contributed by atoms with Gasteiger partial charge in [0.05, 0.1) is 15.6 Å². The summed E-state index contributed by atoms with van der Waals surface area (Å²) in [6.45, 7) is 7.88. The molecule has 1 fully saturated rings. The molecule has 6 heteroatoms. The lowest BCUT2D eigenvalue weighted by Crippen LogP contribution is -2.40. The molecule has 0 spiro atoms. The van der Waals surface area contributed by atoms with Crippen LogP contribution < -0.4 is 10.6 Å². The average molecular weight is 332 g/mol. The molecule has 1 aromatic heterocycles. The molecule has 1 aliphatic rings. The van der Waals surface area contributed by atoms with E-state index in [0.29, 0.717) is 27.7 Å². The van der Waals surface area contributed by atoms with Gasteiger partial charge in [-0.25, -0.2) is 4.98 Å². The Balaban J connectivity index is 2.11. The van der Waals surface area contributed by atoms with Crippen molar-refractivity contribution in [2.45, 2.75) is 51.7 Å². The number of pyridine rings is 1. The summed E-state index contributed by atoms with van der Waals surface area (Å²) in [6.07, 6.45) is 2.88. The van der Waals surface area contributed by atoms with Crippen molar-refractivity contribution in [2.75, 3.05) is 23.8 Å². The second-order valence-electron chi connectivity index (χ2n) is 6.02. The van der Waals surface area contributed by atoms with Gasteiger partial charge in [-0.2, -0.15) is 0 Å². The summed E-state index contributed by atoms with van der Waals surface area (Å²) in [5.41, 5.74) is -0.113. The van der Waals surface area contributed by atoms with E-state index in [1.807, 2.05) is 0 Å². The SMILES string of the molecule is CCCNc1nc(NC2CCOC(C)(C)C2)c(Cl)cc1Cl. The first-order valence-corrected chi connectivity index (χ1v) is 8.17. The van der Waals surface area contributed by atoms with Crippen LogP contribution in [0.25, 0.3) is 0 Å². The molecule has 1 atom stereocenters. The van der Waals surface area contributed by atoms with Gasteiger partial charge in [0.15, 0.2) is 0 Å². The van der Waals surface area contributed by atoms with E-state index in [9.17, 15) is 0 Å². The Morgan fingerprint density at radius 1 is 1.33 bits per heavy atom. The molecule has 0 saturated carbocycles. The minimum atomic E-state index is -0.113. The van der Waals surface area contributed by atoms with Crippen LogP contribution >= 0.6 is 23.2 Å². The van der Waals surface area contributed by atoms with E-state index in [-0.39, 0.29) is 5.60 Å². The highest BCUT2D eigenvalue weighted by atomic mass is 35.5. The van der Waals surface area contributed by atoms with Gasteiger partial charge in [0, 0.05) is 19.2 Å². The van der Waals surface area contributed by atoms with Crippen LogP contribution in [0.2, 0.25) is 10.0 Å². The number of nitrogens with zero attached hydrogens (tertiary/aromatic N) is 1. The zero-order valence-corrected chi connectivity index (χ0v) is 14.3.